The van der Waals surface area contributed by atoms with Crippen LogP contribution >= 0.6 is 0 Å². The van der Waals surface area contributed by atoms with E-state index >= 15 is 0 Å². The predicted molar refractivity (Wildman–Crippen MR) is 142 cm³/mol. The van der Waals surface area contributed by atoms with E-state index in [0.29, 0.717) is 55.6 Å². The van der Waals surface area contributed by atoms with E-state index < -0.39 is 5.97 Å². The average molecular weight is 528 g/mol. The van der Waals surface area contributed by atoms with Crippen LogP contribution in [0.1, 0.15) is 55.9 Å². The number of aromatic nitrogens is 2. The highest BCUT2D eigenvalue weighted by atomic mass is 16.5. The highest BCUT2D eigenvalue weighted by Gasteiger charge is 2.32. The molecule has 0 N–H and O–H groups in total. The first kappa shape index (κ1) is 26.0. The zero-order chi connectivity index (χ0) is 27.2. The topological polar surface area (TPSA) is 104 Å². The number of likely N-dealkylation sites (tertiary alicyclic amines) is 1. The summed E-state index contributed by atoms with van der Waals surface area (Å²) in [5.41, 5.74) is 3.47. The molecule has 0 bridgehead atoms. The molecule has 1 atom stereocenters. The van der Waals surface area contributed by atoms with Crippen LogP contribution in [0.15, 0.2) is 77.3 Å². The Labute approximate surface area is 226 Å². The smallest absolute Gasteiger partial charge is 0.376 e. The van der Waals surface area contributed by atoms with Crippen molar-refractivity contribution >= 4 is 11.9 Å². The first-order valence-electron chi connectivity index (χ1n) is 12.7. The third-order valence-corrected chi connectivity index (χ3v) is 6.60. The molecule has 0 saturated carbocycles. The predicted octanol–water partition coefficient (Wildman–Crippen LogP) is 4.95. The first-order valence-corrected chi connectivity index (χ1v) is 12.7. The van der Waals surface area contributed by atoms with Crippen molar-refractivity contribution in [1.82, 2.24) is 15.0 Å². The van der Waals surface area contributed by atoms with Gasteiger partial charge in [-0.3, -0.25) is 4.79 Å². The maximum Gasteiger partial charge on any atom is 0.376 e. The summed E-state index contributed by atoms with van der Waals surface area (Å²) in [5.74, 6) is 0.151. The third kappa shape index (κ3) is 6.09. The minimum Gasteiger partial charge on any atom is -0.485 e. The molecule has 0 aliphatic carbocycles. The van der Waals surface area contributed by atoms with Gasteiger partial charge in [0, 0.05) is 31.1 Å². The molecule has 9 heteroatoms. The van der Waals surface area contributed by atoms with Gasteiger partial charge in [0.1, 0.15) is 18.9 Å². The number of rotatable bonds is 9. The summed E-state index contributed by atoms with van der Waals surface area (Å²) in [7, 11) is 1.28. The molecule has 1 amide bonds. The summed E-state index contributed by atoms with van der Waals surface area (Å²) in [4.78, 5) is 31.5. The quantitative estimate of drug-likeness (QED) is 0.282. The molecular weight excluding hydrogens is 498 g/mol. The molecule has 0 spiro atoms. The van der Waals surface area contributed by atoms with Crippen LogP contribution in [0.4, 0.5) is 0 Å². The molecule has 2 aromatic heterocycles. The number of esters is 1. The number of aryl methyl sites for hydroxylation is 1. The monoisotopic (exact) mass is 527 g/mol. The molecule has 5 rings (SSSR count). The normalized spacial score (nSPS) is 14.7. The van der Waals surface area contributed by atoms with Crippen LogP contribution in [0.25, 0.3) is 0 Å². The molecule has 1 fully saturated rings. The molecule has 39 heavy (non-hydrogen) atoms. The van der Waals surface area contributed by atoms with Gasteiger partial charge in [-0.15, -0.1) is 0 Å². The highest BCUT2D eigenvalue weighted by Crippen LogP contribution is 2.34. The van der Waals surface area contributed by atoms with E-state index in [4.69, 9.17) is 14.0 Å². The summed E-state index contributed by atoms with van der Waals surface area (Å²) >= 11 is 0. The Bertz CT molecular complexity index is 1440. The summed E-state index contributed by atoms with van der Waals surface area (Å²) in [6.07, 6.45) is 0.688. The van der Waals surface area contributed by atoms with Crippen molar-refractivity contribution in [3.8, 4) is 11.5 Å². The fraction of sp³-hybridized carbons (Fsp3) is 0.267. The van der Waals surface area contributed by atoms with Crippen LogP contribution in [-0.2, 0) is 18.0 Å². The first-order chi connectivity index (χ1) is 19.0. The number of benzene rings is 2. The summed E-state index contributed by atoms with van der Waals surface area (Å²) in [5, 5.41) is 4.01. The van der Waals surface area contributed by atoms with Gasteiger partial charge < -0.3 is 23.6 Å². The van der Waals surface area contributed by atoms with E-state index in [9.17, 15) is 9.59 Å². The zero-order valence-corrected chi connectivity index (χ0v) is 21.8. The van der Waals surface area contributed by atoms with Crippen LogP contribution in [0.2, 0.25) is 0 Å². The van der Waals surface area contributed by atoms with E-state index in [1.807, 2.05) is 67.6 Å². The van der Waals surface area contributed by atoms with Gasteiger partial charge in [-0.05, 0) is 24.5 Å². The number of ether oxygens (including phenoxy) is 3. The maximum atomic E-state index is 13.5. The Morgan fingerprint density at radius 2 is 1.64 bits per heavy atom. The van der Waals surface area contributed by atoms with E-state index in [1.54, 1.807) is 17.0 Å². The second kappa shape index (κ2) is 11.8. The molecule has 2 aromatic carbocycles. The van der Waals surface area contributed by atoms with Crippen LogP contribution in [0.5, 0.6) is 11.5 Å². The van der Waals surface area contributed by atoms with E-state index in [-0.39, 0.29) is 23.3 Å². The Kier molecular flexibility index (Phi) is 7.86. The van der Waals surface area contributed by atoms with Crippen molar-refractivity contribution in [3.63, 3.8) is 0 Å². The molecule has 1 aliphatic rings. The Morgan fingerprint density at radius 1 is 0.974 bits per heavy atom. The molecule has 1 aliphatic heterocycles. The number of amides is 1. The Balaban J connectivity index is 1.34. The van der Waals surface area contributed by atoms with E-state index in [1.165, 1.54) is 7.11 Å². The molecule has 4 aromatic rings. The number of nitrogens with zero attached hydrogens (tertiary/aromatic N) is 3. The molecule has 9 nitrogen and oxygen atoms in total. The molecule has 200 valence electrons. The second-order valence-electron chi connectivity index (χ2n) is 9.31. The lowest BCUT2D eigenvalue weighted by molar-refractivity contribution is 0.0554. The van der Waals surface area contributed by atoms with Crippen LogP contribution < -0.4 is 9.47 Å². The lowest BCUT2D eigenvalue weighted by atomic mass is 10.1. The summed E-state index contributed by atoms with van der Waals surface area (Å²) in [6.45, 7) is 3.43. The van der Waals surface area contributed by atoms with Gasteiger partial charge in [-0.2, -0.15) is 0 Å². The standard InChI is InChI=1S/C30H29N3O6/c1-20-28(38-19-22-11-7-4-8-12-22)26(37-18-21-9-5-3-6-10-21)16-25(31-20)29(34)33-14-13-23(17-33)24-15-27(39-32-24)30(35)36-2/h3-12,15-16,23H,13-14,17-19H2,1-2H3. The average Bonchev–Trinajstić information content (AvgIpc) is 3.66. The van der Waals surface area contributed by atoms with Crippen LogP contribution in [0, 0.1) is 6.92 Å². The van der Waals surface area contributed by atoms with Gasteiger partial charge in [0.2, 0.25) is 5.76 Å². The van der Waals surface area contributed by atoms with Crippen LogP contribution in [0.3, 0.4) is 0 Å². The van der Waals surface area contributed by atoms with Crippen LogP contribution in [-0.4, -0.2) is 47.1 Å². The third-order valence-electron chi connectivity index (χ3n) is 6.60. The maximum absolute atomic E-state index is 13.5. The molecule has 3 heterocycles. The van der Waals surface area contributed by atoms with Gasteiger partial charge >= 0.3 is 5.97 Å². The fourth-order valence-electron chi connectivity index (χ4n) is 4.52. The number of methoxy groups -OCH3 is 1. The largest absolute Gasteiger partial charge is 0.485 e. The van der Waals surface area contributed by atoms with Crippen molar-refractivity contribution < 1.29 is 28.3 Å². The minimum atomic E-state index is -0.586. The molecular formula is C30H29N3O6. The molecule has 0 radical (unpaired) electrons. The van der Waals surface area contributed by atoms with Gasteiger partial charge in [0.15, 0.2) is 11.5 Å². The SMILES string of the molecule is COC(=O)c1cc(C2CCN(C(=O)c3cc(OCc4ccccc4)c(OCc4ccccc4)c(C)n3)C2)no1. The number of carbonyl (C=O) groups excluding carboxylic acids is 2. The number of carbonyl (C=O) groups is 2. The highest BCUT2D eigenvalue weighted by molar-refractivity contribution is 5.93. The fourth-order valence-corrected chi connectivity index (χ4v) is 4.52. The van der Waals surface area contributed by atoms with Gasteiger partial charge in [0.05, 0.1) is 18.5 Å². The lowest BCUT2D eigenvalue weighted by Crippen LogP contribution is -2.29. The Hall–Kier alpha value is -4.66. The summed E-state index contributed by atoms with van der Waals surface area (Å²) < 4.78 is 22.1. The van der Waals surface area contributed by atoms with E-state index in [0.717, 1.165) is 11.1 Å². The van der Waals surface area contributed by atoms with E-state index in [2.05, 4.69) is 14.9 Å². The van der Waals surface area contributed by atoms with Crippen molar-refractivity contribution in [2.75, 3.05) is 20.2 Å². The zero-order valence-electron chi connectivity index (χ0n) is 21.8. The number of hydrogen-bond donors (Lipinski definition) is 0. The Morgan fingerprint density at radius 3 is 2.31 bits per heavy atom. The van der Waals surface area contributed by atoms with Gasteiger partial charge in [0.25, 0.3) is 5.91 Å². The number of hydrogen-bond acceptors (Lipinski definition) is 8. The number of pyridine rings is 1. The molecule has 1 unspecified atom stereocenters. The van der Waals surface area contributed by atoms with Gasteiger partial charge in [-0.1, -0.05) is 65.8 Å². The van der Waals surface area contributed by atoms with Gasteiger partial charge in [-0.25, -0.2) is 9.78 Å². The minimum absolute atomic E-state index is 0.0425. The molecule has 1 saturated heterocycles. The van der Waals surface area contributed by atoms with Crippen molar-refractivity contribution in [3.05, 3.63) is 107 Å². The second-order valence-corrected chi connectivity index (χ2v) is 9.31. The lowest BCUT2D eigenvalue weighted by Gasteiger charge is -2.19. The van der Waals surface area contributed by atoms with Crippen molar-refractivity contribution in [2.24, 2.45) is 0 Å². The van der Waals surface area contributed by atoms with Crippen molar-refractivity contribution in [1.29, 1.82) is 0 Å². The van der Waals surface area contributed by atoms with Crippen molar-refractivity contribution in [2.45, 2.75) is 32.5 Å². The summed E-state index contributed by atoms with van der Waals surface area (Å²) in [6, 6.07) is 22.9.